The highest BCUT2D eigenvalue weighted by Crippen LogP contribution is 2.30. The number of methoxy groups -OCH3 is 1. The first-order chi connectivity index (χ1) is 6.57. The van der Waals surface area contributed by atoms with Crippen LogP contribution in [0.25, 0.3) is 0 Å². The van der Waals surface area contributed by atoms with Gasteiger partial charge >= 0.3 is 5.97 Å². The highest BCUT2D eigenvalue weighted by Gasteiger charge is 2.14. The zero-order valence-electron chi connectivity index (χ0n) is 7.88. The van der Waals surface area contributed by atoms with Crippen molar-refractivity contribution in [2.75, 3.05) is 7.11 Å². The van der Waals surface area contributed by atoms with Crippen molar-refractivity contribution in [3.8, 4) is 0 Å². The van der Waals surface area contributed by atoms with Gasteiger partial charge in [-0.05, 0) is 27.6 Å². The van der Waals surface area contributed by atoms with Gasteiger partial charge in [-0.2, -0.15) is 0 Å². The maximum atomic E-state index is 11.3. The standard InChI is InChI=1S/C9H9BBr2O2/c1-14-9(13)6-4-2-3-5(7(6)11)8(10)12/h2-4,8H,10H2,1H3. The lowest BCUT2D eigenvalue weighted by atomic mass is 9.95. The van der Waals surface area contributed by atoms with E-state index in [9.17, 15) is 4.79 Å². The first-order valence-electron chi connectivity index (χ1n) is 4.08. The van der Waals surface area contributed by atoms with Crippen molar-refractivity contribution in [2.45, 2.75) is 4.73 Å². The lowest BCUT2D eigenvalue weighted by molar-refractivity contribution is 0.0599. The van der Waals surface area contributed by atoms with Crippen molar-refractivity contribution in [2.24, 2.45) is 0 Å². The second-order valence-corrected chi connectivity index (χ2v) is 4.98. The molecule has 1 aromatic rings. The summed E-state index contributed by atoms with van der Waals surface area (Å²) in [4.78, 5) is 11.3. The maximum absolute atomic E-state index is 11.3. The zero-order valence-corrected chi connectivity index (χ0v) is 11.1. The second kappa shape index (κ2) is 4.98. The molecule has 0 aliphatic heterocycles. The van der Waals surface area contributed by atoms with Crippen molar-refractivity contribution in [3.05, 3.63) is 33.8 Å². The van der Waals surface area contributed by atoms with E-state index in [1.54, 1.807) is 6.07 Å². The fourth-order valence-electron chi connectivity index (χ4n) is 1.12. The Morgan fingerprint density at radius 1 is 1.57 bits per heavy atom. The molecular weight excluding hydrogens is 311 g/mol. The number of alkyl halides is 1. The largest absolute Gasteiger partial charge is 0.465 e. The van der Waals surface area contributed by atoms with Crippen LogP contribution in [0.15, 0.2) is 22.7 Å². The average molecular weight is 320 g/mol. The predicted molar refractivity (Wildman–Crippen MR) is 65.7 cm³/mol. The molecule has 0 fully saturated rings. The Balaban J connectivity index is 3.20. The quantitative estimate of drug-likeness (QED) is 0.475. The summed E-state index contributed by atoms with van der Waals surface area (Å²) in [5.74, 6) is -0.327. The molecule has 0 bridgehead atoms. The summed E-state index contributed by atoms with van der Waals surface area (Å²) >= 11 is 6.85. The van der Waals surface area contributed by atoms with Crippen LogP contribution in [0.4, 0.5) is 0 Å². The van der Waals surface area contributed by atoms with Crippen LogP contribution >= 0.6 is 31.9 Å². The Bertz CT molecular complexity index is 353. The number of halogens is 2. The van der Waals surface area contributed by atoms with Crippen LogP contribution in [0.3, 0.4) is 0 Å². The van der Waals surface area contributed by atoms with E-state index in [1.807, 2.05) is 20.0 Å². The van der Waals surface area contributed by atoms with Crippen LogP contribution < -0.4 is 0 Å². The van der Waals surface area contributed by atoms with Gasteiger partial charge in [-0.15, -0.1) is 0 Å². The summed E-state index contributed by atoms with van der Waals surface area (Å²) in [7, 11) is 3.38. The monoisotopic (exact) mass is 318 g/mol. The topological polar surface area (TPSA) is 26.3 Å². The van der Waals surface area contributed by atoms with Crippen molar-refractivity contribution in [1.29, 1.82) is 0 Å². The van der Waals surface area contributed by atoms with Gasteiger partial charge in [-0.3, -0.25) is 0 Å². The molecule has 0 N–H and O–H groups in total. The van der Waals surface area contributed by atoms with E-state index in [4.69, 9.17) is 0 Å². The molecule has 1 atom stereocenters. The summed E-state index contributed by atoms with van der Waals surface area (Å²) in [5, 5.41) is 0. The smallest absolute Gasteiger partial charge is 0.339 e. The van der Waals surface area contributed by atoms with Gasteiger partial charge in [0.1, 0.15) is 7.85 Å². The molecule has 1 rings (SSSR count). The van der Waals surface area contributed by atoms with Crippen LogP contribution in [-0.2, 0) is 4.74 Å². The lowest BCUT2D eigenvalue weighted by Crippen LogP contribution is -2.04. The van der Waals surface area contributed by atoms with Gasteiger partial charge in [0, 0.05) is 9.20 Å². The first-order valence-corrected chi connectivity index (χ1v) is 5.79. The van der Waals surface area contributed by atoms with Crippen LogP contribution in [0, 0.1) is 0 Å². The van der Waals surface area contributed by atoms with Gasteiger partial charge in [0.15, 0.2) is 0 Å². The molecule has 0 aromatic heterocycles. The van der Waals surface area contributed by atoms with Gasteiger partial charge in [0.25, 0.3) is 0 Å². The van der Waals surface area contributed by atoms with Crippen molar-refractivity contribution in [1.82, 2.24) is 0 Å². The molecule has 5 heteroatoms. The minimum Gasteiger partial charge on any atom is -0.465 e. The third kappa shape index (κ3) is 2.39. The third-order valence-corrected chi connectivity index (χ3v) is 3.24. The van der Waals surface area contributed by atoms with Gasteiger partial charge in [0.2, 0.25) is 0 Å². The van der Waals surface area contributed by atoms with Gasteiger partial charge < -0.3 is 4.74 Å². The van der Waals surface area contributed by atoms with Crippen molar-refractivity contribution in [3.63, 3.8) is 0 Å². The van der Waals surface area contributed by atoms with Gasteiger partial charge in [-0.25, -0.2) is 4.79 Å². The molecule has 0 radical (unpaired) electrons. The van der Waals surface area contributed by atoms with Crippen molar-refractivity contribution >= 4 is 45.7 Å². The molecule has 0 aliphatic rings. The number of ether oxygens (including phenoxy) is 1. The number of carbonyl (C=O) groups excluding carboxylic acids is 1. The molecule has 0 spiro atoms. The highest BCUT2D eigenvalue weighted by atomic mass is 79.9. The zero-order chi connectivity index (χ0) is 10.7. The molecule has 1 unspecified atom stereocenters. The van der Waals surface area contributed by atoms with E-state index >= 15 is 0 Å². The van der Waals surface area contributed by atoms with Gasteiger partial charge in [0.05, 0.1) is 12.7 Å². The predicted octanol–water partition coefficient (Wildman–Crippen LogP) is 2.26. The van der Waals surface area contributed by atoms with E-state index in [-0.39, 0.29) is 10.7 Å². The maximum Gasteiger partial charge on any atom is 0.339 e. The molecule has 74 valence electrons. The van der Waals surface area contributed by atoms with Crippen LogP contribution in [0.1, 0.15) is 20.6 Å². The van der Waals surface area contributed by atoms with Crippen LogP contribution in [-0.4, -0.2) is 20.9 Å². The summed E-state index contributed by atoms with van der Waals surface area (Å²) < 4.78 is 5.65. The normalized spacial score (nSPS) is 12.2. The summed E-state index contributed by atoms with van der Waals surface area (Å²) in [5.41, 5.74) is 1.59. The van der Waals surface area contributed by atoms with Crippen molar-refractivity contribution < 1.29 is 9.53 Å². The van der Waals surface area contributed by atoms with E-state index in [0.717, 1.165) is 10.0 Å². The fourth-order valence-corrected chi connectivity index (χ4v) is 2.58. The molecule has 0 heterocycles. The first kappa shape index (κ1) is 11.8. The molecule has 0 saturated carbocycles. The minimum atomic E-state index is -0.327. The van der Waals surface area contributed by atoms with Gasteiger partial charge in [-0.1, -0.05) is 28.1 Å². The number of hydrogen-bond donors (Lipinski definition) is 0. The Labute approximate surface area is 101 Å². The summed E-state index contributed by atoms with van der Waals surface area (Å²) in [6.07, 6.45) is 0. The summed E-state index contributed by atoms with van der Waals surface area (Å²) in [6.45, 7) is 0. The Morgan fingerprint density at radius 3 is 2.71 bits per heavy atom. The molecule has 2 nitrogen and oxygen atoms in total. The number of rotatable bonds is 2. The van der Waals surface area contributed by atoms with E-state index in [0.29, 0.717) is 5.56 Å². The van der Waals surface area contributed by atoms with E-state index < -0.39 is 0 Å². The Hall–Kier alpha value is -0.285. The Kier molecular flexibility index (Phi) is 4.19. The SMILES string of the molecule is BC(Br)c1cccc(C(=O)OC)c1Br. The number of esters is 1. The van der Waals surface area contributed by atoms with E-state index in [1.165, 1.54) is 7.11 Å². The fraction of sp³-hybridized carbons (Fsp3) is 0.222. The molecule has 0 saturated heterocycles. The molecule has 1 aromatic carbocycles. The summed E-state index contributed by atoms with van der Waals surface area (Å²) in [6, 6.07) is 5.52. The molecule has 14 heavy (non-hydrogen) atoms. The minimum absolute atomic E-state index is 0.196. The highest BCUT2D eigenvalue weighted by molar-refractivity contribution is 9.11. The average Bonchev–Trinajstić information content (AvgIpc) is 2.16. The Morgan fingerprint density at radius 2 is 2.21 bits per heavy atom. The van der Waals surface area contributed by atoms with Crippen LogP contribution in [0.5, 0.6) is 0 Å². The lowest BCUT2D eigenvalue weighted by Gasteiger charge is -2.09. The molecule has 0 aliphatic carbocycles. The molecular formula is C9H9BBr2O2. The number of carbonyl (C=O) groups is 1. The molecule has 0 amide bonds. The van der Waals surface area contributed by atoms with Crippen LogP contribution in [0.2, 0.25) is 0 Å². The number of hydrogen-bond acceptors (Lipinski definition) is 2. The number of benzene rings is 1. The van der Waals surface area contributed by atoms with E-state index in [2.05, 4.69) is 36.6 Å². The second-order valence-electron chi connectivity index (χ2n) is 2.82. The third-order valence-electron chi connectivity index (χ3n) is 1.86.